The van der Waals surface area contributed by atoms with Crippen LogP contribution in [0.4, 0.5) is 35.5 Å². The lowest BCUT2D eigenvalue weighted by molar-refractivity contribution is -0.145. The zero-order valence-corrected chi connectivity index (χ0v) is 17.2. The first-order valence-corrected chi connectivity index (χ1v) is 9.59. The summed E-state index contributed by atoms with van der Waals surface area (Å²) in [7, 11) is 0. The highest BCUT2D eigenvalue weighted by Crippen LogP contribution is 2.34. The minimum Gasteiger partial charge on any atom is -0.465 e. The van der Waals surface area contributed by atoms with Gasteiger partial charge < -0.3 is 10.4 Å². The van der Waals surface area contributed by atoms with Crippen molar-refractivity contribution in [3.05, 3.63) is 41.6 Å². The fourth-order valence-corrected chi connectivity index (χ4v) is 3.49. The molecule has 0 bridgehead atoms. The molecule has 0 aliphatic carbocycles. The Morgan fingerprint density at radius 1 is 1.09 bits per heavy atom. The van der Waals surface area contributed by atoms with E-state index >= 15 is 0 Å². The summed E-state index contributed by atoms with van der Waals surface area (Å²) in [5.41, 5.74) is -2.05. The van der Waals surface area contributed by atoms with Gasteiger partial charge >= 0.3 is 18.4 Å². The second-order valence-electron chi connectivity index (χ2n) is 7.43. The van der Waals surface area contributed by atoms with Gasteiger partial charge in [-0.2, -0.15) is 26.3 Å². The van der Waals surface area contributed by atoms with E-state index in [0.717, 1.165) is 18.5 Å². The molecule has 3 atom stereocenters. The molecular weight excluding hydrogens is 479 g/mol. The minimum atomic E-state index is -4.89. The summed E-state index contributed by atoms with van der Waals surface area (Å²) in [6.07, 6.45) is -11.5. The number of rotatable bonds is 4. The second-order valence-corrected chi connectivity index (χ2v) is 7.43. The second kappa shape index (κ2) is 9.02. The van der Waals surface area contributed by atoms with E-state index in [-0.39, 0.29) is 11.3 Å². The molecule has 1 aliphatic rings. The van der Waals surface area contributed by atoms with Crippen LogP contribution in [0.15, 0.2) is 24.7 Å². The van der Waals surface area contributed by atoms with Gasteiger partial charge in [0, 0.05) is 37.1 Å². The van der Waals surface area contributed by atoms with Crippen LogP contribution in [0, 0.1) is 0 Å². The van der Waals surface area contributed by atoms with Crippen molar-refractivity contribution in [1.29, 1.82) is 0 Å². The van der Waals surface area contributed by atoms with Crippen LogP contribution in [0.1, 0.15) is 30.3 Å². The first-order chi connectivity index (χ1) is 15.7. The van der Waals surface area contributed by atoms with Crippen molar-refractivity contribution < 1.29 is 45.4 Å². The number of hydrogen-bond donors (Lipinski definition) is 2. The molecule has 0 spiro atoms. The van der Waals surface area contributed by atoms with Gasteiger partial charge in [0.15, 0.2) is 0 Å². The number of aromatic nitrogens is 3. The van der Waals surface area contributed by atoms with Crippen LogP contribution >= 0.6 is 0 Å². The Morgan fingerprint density at radius 3 is 2.24 bits per heavy atom. The average Bonchev–Trinajstić information content (AvgIpc) is 3.05. The predicted octanol–water partition coefficient (Wildman–Crippen LogP) is 3.67. The summed E-state index contributed by atoms with van der Waals surface area (Å²) in [6.45, 7) is 0.523. The third-order valence-corrected chi connectivity index (χ3v) is 5.22. The average molecular weight is 495 g/mol. The third-order valence-electron chi connectivity index (χ3n) is 5.22. The quantitative estimate of drug-likeness (QED) is 0.627. The van der Waals surface area contributed by atoms with E-state index in [1.165, 1.54) is 6.92 Å². The van der Waals surface area contributed by atoms with Crippen molar-refractivity contribution in [2.24, 2.45) is 0 Å². The van der Waals surface area contributed by atoms with Crippen molar-refractivity contribution in [3.8, 4) is 11.3 Å². The van der Waals surface area contributed by atoms with Crippen LogP contribution in [0.3, 0.4) is 0 Å². The molecule has 15 heteroatoms. The molecule has 1 aliphatic heterocycles. The first-order valence-electron chi connectivity index (χ1n) is 9.59. The standard InChI is InChI=1S/C19H16F7N5O3/c1-8-12(20)3-14(31(8)17(33)34)15(32)28-4-9-2-13(27-7-11(9)18(21,22)23)10-5-29-16(30-6-10)19(24,25)26/h2,5-8,12,14H,3-4H2,1H3,(H,28,32)(H,33,34)/t8-,12+,14-/m0/s1. The molecule has 3 heterocycles. The van der Waals surface area contributed by atoms with Crippen molar-refractivity contribution in [2.45, 2.75) is 50.5 Å². The first kappa shape index (κ1) is 25.1. The molecule has 8 nitrogen and oxygen atoms in total. The minimum absolute atomic E-state index is 0.115. The molecule has 2 aromatic rings. The molecule has 1 saturated heterocycles. The normalized spacial score (nSPS) is 20.9. The number of carboxylic acid groups (broad SMARTS) is 1. The summed E-state index contributed by atoms with van der Waals surface area (Å²) in [4.78, 5) is 34.3. The predicted molar refractivity (Wildman–Crippen MR) is 99.7 cm³/mol. The molecule has 2 aromatic heterocycles. The molecule has 0 aromatic carbocycles. The monoisotopic (exact) mass is 495 g/mol. The Balaban J connectivity index is 1.86. The lowest BCUT2D eigenvalue weighted by Crippen LogP contribution is -2.48. The highest BCUT2D eigenvalue weighted by Gasteiger charge is 2.45. The summed E-state index contributed by atoms with van der Waals surface area (Å²) in [6, 6.07) is -1.67. The van der Waals surface area contributed by atoms with Gasteiger partial charge in [-0.3, -0.25) is 14.7 Å². The van der Waals surface area contributed by atoms with Crippen LogP contribution in [0.5, 0.6) is 0 Å². The molecule has 3 rings (SSSR count). The van der Waals surface area contributed by atoms with Crippen molar-refractivity contribution in [1.82, 2.24) is 25.2 Å². The van der Waals surface area contributed by atoms with Gasteiger partial charge in [0.1, 0.15) is 12.2 Å². The van der Waals surface area contributed by atoms with E-state index < -0.39 is 72.5 Å². The number of nitrogens with zero attached hydrogens (tertiary/aromatic N) is 4. The van der Waals surface area contributed by atoms with Gasteiger partial charge in [-0.1, -0.05) is 0 Å². The van der Waals surface area contributed by atoms with Crippen LogP contribution in [0.2, 0.25) is 0 Å². The van der Waals surface area contributed by atoms with Crippen molar-refractivity contribution in [2.75, 3.05) is 0 Å². The van der Waals surface area contributed by atoms with Gasteiger partial charge in [-0.05, 0) is 18.6 Å². The summed E-state index contributed by atoms with van der Waals surface area (Å²) in [5.74, 6) is -2.45. The highest BCUT2D eigenvalue weighted by atomic mass is 19.4. The number of pyridine rings is 1. The number of likely N-dealkylation sites (tertiary alicyclic amines) is 1. The number of hydrogen-bond acceptors (Lipinski definition) is 5. The zero-order valence-electron chi connectivity index (χ0n) is 17.2. The van der Waals surface area contributed by atoms with Crippen LogP contribution in [-0.4, -0.2) is 55.2 Å². The summed E-state index contributed by atoms with van der Waals surface area (Å²) < 4.78 is 92.1. The number of amides is 2. The van der Waals surface area contributed by atoms with Crippen LogP contribution in [-0.2, 0) is 23.7 Å². The Kier molecular flexibility index (Phi) is 6.66. The maximum absolute atomic E-state index is 13.9. The number of carbonyl (C=O) groups is 2. The van der Waals surface area contributed by atoms with Gasteiger partial charge in [0.2, 0.25) is 11.7 Å². The van der Waals surface area contributed by atoms with E-state index in [2.05, 4.69) is 20.3 Å². The lowest BCUT2D eigenvalue weighted by atomic mass is 10.1. The van der Waals surface area contributed by atoms with E-state index in [1.807, 2.05) is 0 Å². The smallest absolute Gasteiger partial charge is 0.451 e. The van der Waals surface area contributed by atoms with Crippen LogP contribution < -0.4 is 5.32 Å². The van der Waals surface area contributed by atoms with Gasteiger partial charge in [0.25, 0.3) is 0 Å². The number of carbonyl (C=O) groups excluding carboxylic acids is 1. The molecule has 0 radical (unpaired) electrons. The van der Waals surface area contributed by atoms with Crippen molar-refractivity contribution in [3.63, 3.8) is 0 Å². The Bertz CT molecular complexity index is 1080. The lowest BCUT2D eigenvalue weighted by Gasteiger charge is -2.24. The SMILES string of the molecule is C[C@H]1[C@H](F)C[C@@H](C(=O)NCc2cc(-c3cnc(C(F)(F)F)nc3)ncc2C(F)(F)F)N1C(=O)O. The Morgan fingerprint density at radius 2 is 1.71 bits per heavy atom. The maximum atomic E-state index is 13.9. The number of alkyl halides is 7. The van der Waals surface area contributed by atoms with Crippen molar-refractivity contribution >= 4 is 12.0 Å². The molecule has 0 unspecified atom stereocenters. The molecule has 2 N–H and O–H groups in total. The zero-order chi connectivity index (χ0) is 25.4. The van der Waals surface area contributed by atoms with E-state index in [9.17, 15) is 45.4 Å². The third kappa shape index (κ3) is 5.17. The fourth-order valence-electron chi connectivity index (χ4n) is 3.49. The molecular formula is C19H16F7N5O3. The van der Waals surface area contributed by atoms with E-state index in [0.29, 0.717) is 11.1 Å². The number of halogens is 7. The molecule has 1 fully saturated rings. The van der Waals surface area contributed by atoms with E-state index in [1.54, 1.807) is 0 Å². The van der Waals surface area contributed by atoms with Gasteiger partial charge in [0.05, 0.1) is 17.3 Å². The largest absolute Gasteiger partial charge is 0.465 e. The van der Waals surface area contributed by atoms with Gasteiger partial charge in [-0.15, -0.1) is 0 Å². The van der Waals surface area contributed by atoms with E-state index in [4.69, 9.17) is 0 Å². The topological polar surface area (TPSA) is 108 Å². The summed E-state index contributed by atoms with van der Waals surface area (Å²) in [5, 5.41) is 11.4. The highest BCUT2D eigenvalue weighted by molar-refractivity contribution is 5.86. The molecule has 2 amide bonds. The number of nitrogens with one attached hydrogen (secondary N) is 1. The Hall–Kier alpha value is -3.52. The fraction of sp³-hybridized carbons (Fsp3) is 0.421. The maximum Gasteiger partial charge on any atom is 0.451 e. The van der Waals surface area contributed by atoms with Gasteiger partial charge in [-0.25, -0.2) is 19.2 Å². The molecule has 0 saturated carbocycles. The Labute approximate surface area is 186 Å². The van der Waals surface area contributed by atoms with Crippen LogP contribution in [0.25, 0.3) is 11.3 Å². The molecule has 34 heavy (non-hydrogen) atoms. The summed E-state index contributed by atoms with van der Waals surface area (Å²) >= 11 is 0. The molecule has 184 valence electrons.